The molecule has 0 amide bonds. The first kappa shape index (κ1) is 10.2. The Bertz CT molecular complexity index is 380. The van der Waals surface area contributed by atoms with Crippen LogP contribution in [0.15, 0.2) is 18.2 Å². The van der Waals surface area contributed by atoms with Gasteiger partial charge in [0.2, 0.25) is 0 Å². The fourth-order valence-electron chi connectivity index (χ4n) is 2.99. The Hall–Kier alpha value is -1.02. The molecule has 2 nitrogen and oxygen atoms in total. The number of hydrogen-bond donors (Lipinski definition) is 1. The van der Waals surface area contributed by atoms with Gasteiger partial charge in [0, 0.05) is 24.8 Å². The van der Waals surface area contributed by atoms with Gasteiger partial charge in [0.1, 0.15) is 0 Å². The Labute approximate surface area is 97.4 Å². The molecule has 2 N–H and O–H groups in total. The van der Waals surface area contributed by atoms with Gasteiger partial charge in [-0.3, -0.25) is 0 Å². The Morgan fingerprint density at radius 3 is 2.75 bits per heavy atom. The number of benzene rings is 1. The summed E-state index contributed by atoms with van der Waals surface area (Å²) in [5, 5.41) is 0. The molecule has 1 fully saturated rings. The third kappa shape index (κ3) is 1.71. The molecule has 0 saturated carbocycles. The number of piperidine rings is 1. The van der Waals surface area contributed by atoms with Gasteiger partial charge in [0.25, 0.3) is 0 Å². The van der Waals surface area contributed by atoms with Crippen LogP contribution in [0.25, 0.3) is 0 Å². The molecule has 3 rings (SSSR count). The largest absolute Gasteiger partial charge is 0.372 e. The molecular weight excluding hydrogens is 196 g/mol. The standard InChI is InChI=1S/C14H20N2/c15-14-7-4-11-10-12(5-6-13(11)14)16-8-2-1-3-9-16/h5-6,10,14H,1-4,7-9,15H2. The molecule has 0 aromatic heterocycles. The first-order valence-corrected chi connectivity index (χ1v) is 6.48. The predicted molar refractivity (Wildman–Crippen MR) is 67.8 cm³/mol. The molecule has 0 bridgehead atoms. The highest BCUT2D eigenvalue weighted by Gasteiger charge is 2.20. The van der Waals surface area contributed by atoms with Crippen molar-refractivity contribution < 1.29 is 0 Å². The zero-order valence-corrected chi connectivity index (χ0v) is 9.78. The molecule has 2 aliphatic rings. The zero-order valence-electron chi connectivity index (χ0n) is 9.78. The van der Waals surface area contributed by atoms with Crippen molar-refractivity contribution in [1.82, 2.24) is 0 Å². The molecule has 1 unspecified atom stereocenters. The number of nitrogens with zero attached hydrogens (tertiary/aromatic N) is 1. The second kappa shape index (κ2) is 4.10. The van der Waals surface area contributed by atoms with Crippen LogP contribution in [0.4, 0.5) is 5.69 Å². The van der Waals surface area contributed by atoms with E-state index in [0.29, 0.717) is 0 Å². The minimum atomic E-state index is 0.283. The maximum Gasteiger partial charge on any atom is 0.0369 e. The van der Waals surface area contributed by atoms with E-state index in [2.05, 4.69) is 23.1 Å². The molecule has 2 heteroatoms. The molecule has 1 heterocycles. The highest BCUT2D eigenvalue weighted by Crippen LogP contribution is 2.32. The van der Waals surface area contributed by atoms with Crippen molar-refractivity contribution in [2.45, 2.75) is 38.1 Å². The van der Waals surface area contributed by atoms with Gasteiger partial charge in [0.15, 0.2) is 0 Å². The lowest BCUT2D eigenvalue weighted by atomic mass is 10.1. The number of hydrogen-bond acceptors (Lipinski definition) is 2. The molecule has 1 aromatic carbocycles. The van der Waals surface area contributed by atoms with E-state index in [9.17, 15) is 0 Å². The Morgan fingerprint density at radius 1 is 1.12 bits per heavy atom. The summed E-state index contributed by atoms with van der Waals surface area (Å²) in [6, 6.07) is 7.16. The molecular formula is C14H20N2. The highest BCUT2D eigenvalue weighted by atomic mass is 15.1. The van der Waals surface area contributed by atoms with E-state index in [1.165, 1.54) is 49.2 Å². The van der Waals surface area contributed by atoms with Crippen molar-refractivity contribution in [3.8, 4) is 0 Å². The van der Waals surface area contributed by atoms with Gasteiger partial charge in [-0.05, 0) is 55.4 Å². The summed E-state index contributed by atoms with van der Waals surface area (Å²) in [6.07, 6.45) is 6.37. The van der Waals surface area contributed by atoms with Crippen molar-refractivity contribution in [2.24, 2.45) is 5.73 Å². The molecule has 1 aromatic rings. The van der Waals surface area contributed by atoms with Crippen molar-refractivity contribution in [2.75, 3.05) is 18.0 Å². The summed E-state index contributed by atoms with van der Waals surface area (Å²) in [5.41, 5.74) is 10.3. The molecule has 1 aliphatic carbocycles. The summed E-state index contributed by atoms with van der Waals surface area (Å²) in [7, 11) is 0. The van der Waals surface area contributed by atoms with Gasteiger partial charge < -0.3 is 10.6 Å². The average Bonchev–Trinajstić information content (AvgIpc) is 2.72. The van der Waals surface area contributed by atoms with E-state index in [1.807, 2.05) is 0 Å². The van der Waals surface area contributed by atoms with E-state index >= 15 is 0 Å². The lowest BCUT2D eigenvalue weighted by Crippen LogP contribution is -2.29. The van der Waals surface area contributed by atoms with Crippen molar-refractivity contribution in [1.29, 1.82) is 0 Å². The summed E-state index contributed by atoms with van der Waals surface area (Å²) in [6.45, 7) is 2.45. The fraction of sp³-hybridized carbons (Fsp3) is 0.571. The third-order valence-corrected chi connectivity index (χ3v) is 3.97. The minimum absolute atomic E-state index is 0.283. The van der Waals surface area contributed by atoms with Gasteiger partial charge in [0.05, 0.1) is 0 Å². The Morgan fingerprint density at radius 2 is 1.94 bits per heavy atom. The van der Waals surface area contributed by atoms with Crippen LogP contribution in [0.5, 0.6) is 0 Å². The summed E-state index contributed by atoms with van der Waals surface area (Å²) in [5.74, 6) is 0. The Balaban J connectivity index is 1.86. The molecule has 1 aliphatic heterocycles. The minimum Gasteiger partial charge on any atom is -0.372 e. The zero-order chi connectivity index (χ0) is 11.0. The number of fused-ring (bicyclic) bond motifs is 1. The predicted octanol–water partition coefficient (Wildman–Crippen LogP) is 2.62. The fourth-order valence-corrected chi connectivity index (χ4v) is 2.99. The molecule has 16 heavy (non-hydrogen) atoms. The molecule has 1 saturated heterocycles. The number of anilines is 1. The van der Waals surface area contributed by atoms with Crippen LogP contribution < -0.4 is 10.6 Å². The third-order valence-electron chi connectivity index (χ3n) is 3.97. The lowest BCUT2D eigenvalue weighted by Gasteiger charge is -2.29. The highest BCUT2D eigenvalue weighted by molar-refractivity contribution is 5.53. The number of nitrogens with two attached hydrogens (primary N) is 1. The Kier molecular flexibility index (Phi) is 2.60. The summed E-state index contributed by atoms with van der Waals surface area (Å²) in [4.78, 5) is 2.52. The van der Waals surface area contributed by atoms with E-state index in [0.717, 1.165) is 12.8 Å². The van der Waals surface area contributed by atoms with Crippen LogP contribution in [-0.2, 0) is 6.42 Å². The molecule has 0 radical (unpaired) electrons. The molecule has 0 spiro atoms. The van der Waals surface area contributed by atoms with Crippen LogP contribution in [0.1, 0.15) is 42.9 Å². The molecule has 86 valence electrons. The van der Waals surface area contributed by atoms with Crippen LogP contribution in [0, 0.1) is 0 Å². The van der Waals surface area contributed by atoms with Crippen LogP contribution >= 0.6 is 0 Å². The first-order valence-electron chi connectivity index (χ1n) is 6.48. The summed E-state index contributed by atoms with van der Waals surface area (Å²) < 4.78 is 0. The topological polar surface area (TPSA) is 29.3 Å². The number of aryl methyl sites for hydroxylation is 1. The van der Waals surface area contributed by atoms with E-state index in [4.69, 9.17) is 5.73 Å². The van der Waals surface area contributed by atoms with Crippen LogP contribution in [0.3, 0.4) is 0 Å². The van der Waals surface area contributed by atoms with Crippen molar-refractivity contribution in [3.63, 3.8) is 0 Å². The first-order chi connectivity index (χ1) is 7.84. The van der Waals surface area contributed by atoms with Gasteiger partial charge in [-0.2, -0.15) is 0 Å². The van der Waals surface area contributed by atoms with Gasteiger partial charge in [-0.15, -0.1) is 0 Å². The number of rotatable bonds is 1. The quantitative estimate of drug-likeness (QED) is 0.782. The monoisotopic (exact) mass is 216 g/mol. The van der Waals surface area contributed by atoms with Gasteiger partial charge in [-0.1, -0.05) is 6.07 Å². The van der Waals surface area contributed by atoms with E-state index < -0.39 is 0 Å². The van der Waals surface area contributed by atoms with Gasteiger partial charge >= 0.3 is 0 Å². The lowest BCUT2D eigenvalue weighted by molar-refractivity contribution is 0.577. The van der Waals surface area contributed by atoms with Crippen LogP contribution in [0.2, 0.25) is 0 Å². The van der Waals surface area contributed by atoms with E-state index in [-0.39, 0.29) is 6.04 Å². The van der Waals surface area contributed by atoms with Crippen LogP contribution in [-0.4, -0.2) is 13.1 Å². The normalized spacial score (nSPS) is 24.6. The second-order valence-corrected chi connectivity index (χ2v) is 5.08. The SMILES string of the molecule is NC1CCc2cc(N3CCCCC3)ccc21. The maximum absolute atomic E-state index is 6.06. The molecule has 1 atom stereocenters. The second-order valence-electron chi connectivity index (χ2n) is 5.08. The van der Waals surface area contributed by atoms with Crippen molar-refractivity contribution >= 4 is 5.69 Å². The average molecular weight is 216 g/mol. The van der Waals surface area contributed by atoms with Crippen molar-refractivity contribution in [3.05, 3.63) is 29.3 Å². The smallest absolute Gasteiger partial charge is 0.0369 e. The summed E-state index contributed by atoms with van der Waals surface area (Å²) >= 11 is 0. The van der Waals surface area contributed by atoms with Gasteiger partial charge in [-0.25, -0.2) is 0 Å². The van der Waals surface area contributed by atoms with E-state index in [1.54, 1.807) is 0 Å². The maximum atomic E-state index is 6.06.